The van der Waals surface area contributed by atoms with E-state index >= 15 is 0 Å². The molecule has 0 saturated heterocycles. The minimum absolute atomic E-state index is 0. The Morgan fingerprint density at radius 3 is 2.04 bits per heavy atom. The smallest absolute Gasteiger partial charge is 0.161 e. The van der Waals surface area contributed by atoms with Gasteiger partial charge >= 0.3 is 0 Å². The number of carbonyl (C=O) groups is 1. The molecule has 0 N–H and O–H groups in total. The van der Waals surface area contributed by atoms with Crippen LogP contribution >= 0.6 is 12.4 Å². The first kappa shape index (κ1) is 36.2. The summed E-state index contributed by atoms with van der Waals surface area (Å²) in [5.74, 6) is 1.60. The second kappa shape index (κ2) is 17.5. The van der Waals surface area contributed by atoms with Gasteiger partial charge in [0.15, 0.2) is 11.5 Å². The molecule has 1 aliphatic heterocycles. The molecule has 1 unspecified atom stereocenters. The van der Waals surface area contributed by atoms with E-state index in [-0.39, 0.29) is 35.5 Å². The van der Waals surface area contributed by atoms with Crippen molar-refractivity contribution in [3.63, 3.8) is 0 Å². The Hall–Kier alpha value is -3.67. The number of hydrogen-bond donors (Lipinski definition) is 0. The number of methoxy groups -OCH3 is 2. The highest BCUT2D eigenvalue weighted by molar-refractivity contribution is 5.85. The summed E-state index contributed by atoms with van der Waals surface area (Å²) < 4.78 is 24.6. The van der Waals surface area contributed by atoms with Gasteiger partial charge in [0.25, 0.3) is 0 Å². The van der Waals surface area contributed by atoms with E-state index in [1.54, 1.807) is 26.4 Å². The summed E-state index contributed by atoms with van der Waals surface area (Å²) in [5.41, 5.74) is 6.10. The van der Waals surface area contributed by atoms with Crippen LogP contribution in [0.1, 0.15) is 85.7 Å². The molecule has 250 valence electrons. The van der Waals surface area contributed by atoms with Gasteiger partial charge in [0.05, 0.1) is 14.2 Å². The first-order chi connectivity index (χ1) is 22.4. The zero-order valence-corrected chi connectivity index (χ0v) is 28.9. The van der Waals surface area contributed by atoms with Crippen molar-refractivity contribution in [1.82, 2.24) is 4.90 Å². The number of ether oxygens (including phenoxy) is 2. The average Bonchev–Trinajstić information content (AvgIpc) is 3.24. The topological polar surface area (TPSA) is 38.8 Å². The molecule has 0 aliphatic carbocycles. The van der Waals surface area contributed by atoms with Crippen molar-refractivity contribution in [2.75, 3.05) is 27.3 Å². The number of rotatable bonds is 15. The lowest BCUT2D eigenvalue weighted by molar-refractivity contribution is -0.119. The summed E-state index contributed by atoms with van der Waals surface area (Å²) in [7, 11) is 3.40. The van der Waals surface area contributed by atoms with E-state index in [1.165, 1.54) is 34.4 Å². The molecule has 0 saturated carbocycles. The van der Waals surface area contributed by atoms with Crippen LogP contribution in [0, 0.1) is 5.82 Å². The van der Waals surface area contributed by atoms with Crippen molar-refractivity contribution < 1.29 is 18.7 Å². The highest BCUT2D eigenvalue weighted by Gasteiger charge is 2.34. The van der Waals surface area contributed by atoms with Gasteiger partial charge < -0.3 is 9.47 Å². The van der Waals surface area contributed by atoms with E-state index in [4.69, 9.17) is 9.47 Å². The highest BCUT2D eigenvalue weighted by Crippen LogP contribution is 2.42. The first-order valence-corrected chi connectivity index (χ1v) is 16.8. The SMILES string of the molecule is COc1cc2c(cc1OC)C(C)N(CCCC(CCCC(=O)CCc1ccc(F)cc1)(c1ccccc1)c1ccccc1)CCC2.Cl. The first-order valence-electron chi connectivity index (χ1n) is 16.8. The Bertz CT molecular complexity index is 1510. The van der Waals surface area contributed by atoms with Crippen LogP contribution in [0.15, 0.2) is 97.1 Å². The normalized spacial score (nSPS) is 14.9. The maximum absolute atomic E-state index is 13.3. The number of aryl methyl sites for hydroxylation is 2. The fourth-order valence-corrected chi connectivity index (χ4v) is 7.33. The van der Waals surface area contributed by atoms with Gasteiger partial charge in [-0.2, -0.15) is 0 Å². The minimum Gasteiger partial charge on any atom is -0.493 e. The third kappa shape index (κ3) is 9.03. The van der Waals surface area contributed by atoms with E-state index < -0.39 is 0 Å². The van der Waals surface area contributed by atoms with Crippen molar-refractivity contribution in [2.45, 2.75) is 76.2 Å². The Morgan fingerprint density at radius 1 is 0.830 bits per heavy atom. The number of Topliss-reactive ketones (excluding diaryl/α,β-unsaturated/α-hetero) is 1. The number of nitrogens with zero attached hydrogens (tertiary/aromatic N) is 1. The lowest BCUT2D eigenvalue weighted by Crippen LogP contribution is -2.32. The number of benzene rings is 4. The second-order valence-corrected chi connectivity index (χ2v) is 12.7. The standard InChI is InChI=1S/C41H48FNO3.ClH/c1-31-38-30-40(46-3)39(45-2)29-33(38)13-11-27-43(31)28-12-26-41(34-14-6-4-7-15-34,35-16-8-5-9-17-35)25-10-18-37(44)24-21-32-19-22-36(42)23-20-32;/h4-9,14-17,19-20,22-23,29-31H,10-13,18,21,24-28H2,1-3H3;1H. The van der Waals surface area contributed by atoms with Crippen LogP contribution in [0.4, 0.5) is 4.39 Å². The molecule has 1 aliphatic rings. The molecular formula is C41H49ClFNO3. The third-order valence-corrected chi connectivity index (χ3v) is 9.90. The predicted octanol–water partition coefficient (Wildman–Crippen LogP) is 9.71. The number of hydrogen-bond acceptors (Lipinski definition) is 4. The Morgan fingerprint density at radius 2 is 1.43 bits per heavy atom. The maximum atomic E-state index is 13.3. The fraction of sp³-hybridized carbons (Fsp3) is 0.390. The van der Waals surface area contributed by atoms with Gasteiger partial charge in [-0.05, 0) is 117 Å². The third-order valence-electron chi connectivity index (χ3n) is 9.90. The van der Waals surface area contributed by atoms with Crippen LogP contribution in [0.3, 0.4) is 0 Å². The molecule has 0 fully saturated rings. The molecule has 1 heterocycles. The quantitative estimate of drug-likeness (QED) is 0.128. The monoisotopic (exact) mass is 657 g/mol. The molecule has 0 radical (unpaired) electrons. The molecule has 5 rings (SSSR count). The summed E-state index contributed by atoms with van der Waals surface area (Å²) >= 11 is 0. The average molecular weight is 658 g/mol. The molecular weight excluding hydrogens is 609 g/mol. The van der Waals surface area contributed by atoms with Crippen LogP contribution in [-0.2, 0) is 23.1 Å². The Kier molecular flexibility index (Phi) is 13.4. The molecule has 4 nitrogen and oxygen atoms in total. The lowest BCUT2D eigenvalue weighted by atomic mass is 9.68. The van der Waals surface area contributed by atoms with Crippen LogP contribution in [0.2, 0.25) is 0 Å². The van der Waals surface area contributed by atoms with Crippen molar-refractivity contribution in [2.24, 2.45) is 0 Å². The second-order valence-electron chi connectivity index (χ2n) is 12.7. The van der Waals surface area contributed by atoms with Crippen molar-refractivity contribution in [1.29, 1.82) is 0 Å². The van der Waals surface area contributed by atoms with E-state index in [9.17, 15) is 9.18 Å². The van der Waals surface area contributed by atoms with E-state index in [0.29, 0.717) is 19.3 Å². The number of carbonyl (C=O) groups excluding carboxylic acids is 1. The van der Waals surface area contributed by atoms with Crippen molar-refractivity contribution >= 4 is 18.2 Å². The van der Waals surface area contributed by atoms with Gasteiger partial charge in [-0.1, -0.05) is 72.8 Å². The molecule has 0 spiro atoms. The molecule has 0 bridgehead atoms. The van der Waals surface area contributed by atoms with Gasteiger partial charge in [-0.15, -0.1) is 12.4 Å². The molecule has 47 heavy (non-hydrogen) atoms. The fourth-order valence-electron chi connectivity index (χ4n) is 7.33. The highest BCUT2D eigenvalue weighted by atomic mass is 35.5. The van der Waals surface area contributed by atoms with E-state index in [2.05, 4.69) is 84.6 Å². The van der Waals surface area contributed by atoms with Crippen LogP contribution < -0.4 is 9.47 Å². The Labute approximate surface area is 286 Å². The summed E-state index contributed by atoms with van der Waals surface area (Å²) in [6.45, 7) is 4.36. The van der Waals surface area contributed by atoms with E-state index in [1.807, 2.05) is 0 Å². The van der Waals surface area contributed by atoms with Crippen molar-refractivity contribution in [3.05, 3.63) is 131 Å². The van der Waals surface area contributed by atoms with Crippen LogP contribution in [0.25, 0.3) is 0 Å². The van der Waals surface area contributed by atoms with Gasteiger partial charge in [0, 0.05) is 24.3 Å². The molecule has 4 aromatic carbocycles. The lowest BCUT2D eigenvalue weighted by Gasteiger charge is -2.37. The molecule has 1 atom stereocenters. The van der Waals surface area contributed by atoms with Gasteiger partial charge in [0.1, 0.15) is 11.6 Å². The minimum atomic E-state index is -0.246. The Balaban J connectivity index is 0.00000500. The maximum Gasteiger partial charge on any atom is 0.161 e. The molecule has 4 aromatic rings. The number of fused-ring (bicyclic) bond motifs is 1. The van der Waals surface area contributed by atoms with Gasteiger partial charge in [-0.25, -0.2) is 4.39 Å². The summed E-state index contributed by atoms with van der Waals surface area (Å²) in [6.07, 6.45) is 7.58. The molecule has 6 heteroatoms. The van der Waals surface area contributed by atoms with Crippen LogP contribution in [0.5, 0.6) is 11.5 Å². The zero-order chi connectivity index (χ0) is 32.4. The van der Waals surface area contributed by atoms with Gasteiger partial charge in [-0.3, -0.25) is 9.69 Å². The summed E-state index contributed by atoms with van der Waals surface area (Å²) in [6, 6.07) is 32.8. The van der Waals surface area contributed by atoms with Crippen molar-refractivity contribution in [3.8, 4) is 11.5 Å². The number of ketones is 1. The predicted molar refractivity (Wildman–Crippen MR) is 192 cm³/mol. The molecule has 0 aromatic heterocycles. The zero-order valence-electron chi connectivity index (χ0n) is 28.1. The summed E-state index contributed by atoms with van der Waals surface area (Å²) in [5, 5.41) is 0. The van der Waals surface area contributed by atoms with Gasteiger partial charge in [0.2, 0.25) is 0 Å². The molecule has 0 amide bonds. The van der Waals surface area contributed by atoms with E-state index in [0.717, 1.165) is 68.7 Å². The number of halogens is 2. The largest absolute Gasteiger partial charge is 0.493 e. The summed E-state index contributed by atoms with van der Waals surface area (Å²) in [4.78, 5) is 15.6. The van der Waals surface area contributed by atoms with Crippen LogP contribution in [-0.4, -0.2) is 38.0 Å².